The summed E-state index contributed by atoms with van der Waals surface area (Å²) in [7, 11) is 0. The van der Waals surface area contributed by atoms with E-state index in [1.54, 1.807) is 24.3 Å². The van der Waals surface area contributed by atoms with Gasteiger partial charge in [0.1, 0.15) is 6.61 Å². The van der Waals surface area contributed by atoms with Gasteiger partial charge in [0.25, 0.3) is 0 Å². The highest BCUT2D eigenvalue weighted by atomic mass is 35.5. The molecule has 0 N–H and O–H groups in total. The standard InChI is InChI=1S/C20H14Cl3NO3/c1-10-2-4-12(7-15(10)22)24-17-9-27-20(26)19(17)13(8-18(24)25)11-3-5-14(21)16(23)6-11/h2-7,13H,8-9H2,1H3. The van der Waals surface area contributed by atoms with Gasteiger partial charge in [-0.1, -0.05) is 46.9 Å². The van der Waals surface area contributed by atoms with E-state index in [2.05, 4.69) is 0 Å². The van der Waals surface area contributed by atoms with E-state index in [9.17, 15) is 9.59 Å². The zero-order chi connectivity index (χ0) is 19.3. The maximum atomic E-state index is 13.0. The Labute approximate surface area is 171 Å². The Morgan fingerprint density at radius 1 is 1.00 bits per heavy atom. The van der Waals surface area contributed by atoms with Gasteiger partial charge in [-0.25, -0.2) is 4.79 Å². The number of amides is 1. The summed E-state index contributed by atoms with van der Waals surface area (Å²) in [4.78, 5) is 27.0. The number of esters is 1. The minimum absolute atomic E-state index is 0.0449. The second-order valence-corrected chi connectivity index (χ2v) is 7.75. The number of anilines is 1. The molecule has 2 aliphatic heterocycles. The van der Waals surface area contributed by atoms with Gasteiger partial charge in [-0.2, -0.15) is 0 Å². The minimum Gasteiger partial charge on any atom is -0.456 e. The van der Waals surface area contributed by atoms with Gasteiger partial charge in [0.05, 0.1) is 27.0 Å². The fourth-order valence-corrected chi connectivity index (χ4v) is 3.97. The van der Waals surface area contributed by atoms with Crippen LogP contribution in [0.5, 0.6) is 0 Å². The third kappa shape index (κ3) is 3.12. The smallest absolute Gasteiger partial charge is 0.336 e. The first-order chi connectivity index (χ1) is 12.9. The highest BCUT2D eigenvalue weighted by Gasteiger charge is 2.43. The topological polar surface area (TPSA) is 46.6 Å². The summed E-state index contributed by atoms with van der Waals surface area (Å²) in [6.45, 7) is 1.93. The van der Waals surface area contributed by atoms with Crippen molar-refractivity contribution in [2.75, 3.05) is 11.5 Å². The van der Waals surface area contributed by atoms with E-state index >= 15 is 0 Å². The summed E-state index contributed by atoms with van der Waals surface area (Å²) in [6, 6.07) is 10.5. The number of carbonyl (C=O) groups is 2. The third-order valence-electron chi connectivity index (χ3n) is 4.88. The maximum Gasteiger partial charge on any atom is 0.336 e. The molecule has 0 spiro atoms. The molecule has 0 saturated carbocycles. The van der Waals surface area contributed by atoms with Gasteiger partial charge in [-0.3, -0.25) is 9.69 Å². The van der Waals surface area contributed by atoms with E-state index < -0.39 is 11.9 Å². The van der Waals surface area contributed by atoms with Crippen LogP contribution in [0.1, 0.15) is 23.5 Å². The van der Waals surface area contributed by atoms with Crippen molar-refractivity contribution < 1.29 is 14.3 Å². The molecule has 2 aromatic carbocycles. The number of benzene rings is 2. The number of cyclic esters (lactones) is 1. The van der Waals surface area contributed by atoms with Crippen LogP contribution >= 0.6 is 34.8 Å². The van der Waals surface area contributed by atoms with Crippen molar-refractivity contribution in [3.05, 3.63) is 73.9 Å². The molecule has 2 aliphatic rings. The van der Waals surface area contributed by atoms with Crippen LogP contribution in [-0.4, -0.2) is 18.5 Å². The van der Waals surface area contributed by atoms with E-state index in [0.29, 0.717) is 32.0 Å². The van der Waals surface area contributed by atoms with Crippen molar-refractivity contribution in [2.45, 2.75) is 19.3 Å². The molecule has 4 nitrogen and oxygen atoms in total. The predicted octanol–water partition coefficient (Wildman–Crippen LogP) is 5.29. The summed E-state index contributed by atoms with van der Waals surface area (Å²) in [5, 5.41) is 1.35. The Hall–Kier alpha value is -2.01. The first-order valence-corrected chi connectivity index (χ1v) is 9.44. The van der Waals surface area contributed by atoms with Gasteiger partial charge in [0, 0.05) is 17.4 Å². The Bertz CT molecular complexity index is 1020. The van der Waals surface area contributed by atoms with Gasteiger partial charge in [-0.15, -0.1) is 0 Å². The number of nitrogens with zero attached hydrogens (tertiary/aromatic N) is 1. The molecule has 2 heterocycles. The molecule has 1 unspecified atom stereocenters. The van der Waals surface area contributed by atoms with Gasteiger partial charge in [0.2, 0.25) is 5.91 Å². The lowest BCUT2D eigenvalue weighted by Crippen LogP contribution is -2.37. The normalized spacial score (nSPS) is 19.4. The van der Waals surface area contributed by atoms with E-state index in [4.69, 9.17) is 39.5 Å². The molecule has 4 rings (SSSR count). The molecule has 0 fully saturated rings. The third-order valence-corrected chi connectivity index (χ3v) is 6.02. The Kier molecular flexibility index (Phi) is 4.66. The van der Waals surface area contributed by atoms with Gasteiger partial charge in [-0.05, 0) is 42.3 Å². The Balaban J connectivity index is 1.83. The lowest BCUT2D eigenvalue weighted by molar-refractivity contribution is -0.136. The maximum absolute atomic E-state index is 13.0. The molecule has 0 radical (unpaired) electrons. The lowest BCUT2D eigenvalue weighted by Gasteiger charge is -2.32. The van der Waals surface area contributed by atoms with Crippen molar-refractivity contribution in [3.8, 4) is 0 Å². The Morgan fingerprint density at radius 3 is 2.48 bits per heavy atom. The molecule has 7 heteroatoms. The molecule has 1 atom stereocenters. The predicted molar refractivity (Wildman–Crippen MR) is 105 cm³/mol. The monoisotopic (exact) mass is 421 g/mol. The fraction of sp³-hybridized carbons (Fsp3) is 0.200. The number of halogens is 3. The first-order valence-electron chi connectivity index (χ1n) is 8.31. The van der Waals surface area contributed by atoms with E-state index in [0.717, 1.165) is 11.1 Å². The van der Waals surface area contributed by atoms with Crippen LogP contribution < -0.4 is 4.90 Å². The quantitative estimate of drug-likeness (QED) is 0.618. The average molecular weight is 423 g/mol. The largest absolute Gasteiger partial charge is 0.456 e. The molecule has 1 amide bonds. The average Bonchev–Trinajstić information content (AvgIpc) is 3.01. The molecule has 2 aromatic rings. The highest BCUT2D eigenvalue weighted by molar-refractivity contribution is 6.42. The molecule has 138 valence electrons. The minimum atomic E-state index is -0.422. The summed E-state index contributed by atoms with van der Waals surface area (Å²) >= 11 is 18.4. The number of ether oxygens (including phenoxy) is 1. The lowest BCUT2D eigenvalue weighted by atomic mass is 9.84. The fourth-order valence-electron chi connectivity index (χ4n) is 3.49. The highest BCUT2D eigenvalue weighted by Crippen LogP contribution is 2.43. The van der Waals surface area contributed by atoms with Crippen molar-refractivity contribution in [1.29, 1.82) is 0 Å². The molecule has 27 heavy (non-hydrogen) atoms. The van der Waals surface area contributed by atoms with Gasteiger partial charge in [0.15, 0.2) is 0 Å². The van der Waals surface area contributed by atoms with Crippen LogP contribution in [0.25, 0.3) is 0 Å². The van der Waals surface area contributed by atoms with Crippen molar-refractivity contribution >= 4 is 52.4 Å². The number of hydrogen-bond donors (Lipinski definition) is 0. The first kappa shape index (κ1) is 18.4. The van der Waals surface area contributed by atoms with Crippen molar-refractivity contribution in [2.24, 2.45) is 0 Å². The van der Waals surface area contributed by atoms with Crippen LogP contribution in [0.3, 0.4) is 0 Å². The summed E-state index contributed by atoms with van der Waals surface area (Å²) < 4.78 is 5.26. The Morgan fingerprint density at radius 2 is 1.78 bits per heavy atom. The summed E-state index contributed by atoms with van der Waals surface area (Å²) in [6.07, 6.45) is 0.122. The van der Waals surface area contributed by atoms with Crippen molar-refractivity contribution in [1.82, 2.24) is 0 Å². The SMILES string of the molecule is Cc1ccc(N2C(=O)CC(c3ccc(Cl)c(Cl)c3)C3=C2COC3=O)cc1Cl. The van der Waals surface area contributed by atoms with Gasteiger partial charge >= 0.3 is 5.97 Å². The van der Waals surface area contributed by atoms with E-state index in [1.807, 2.05) is 19.1 Å². The number of rotatable bonds is 2. The summed E-state index contributed by atoms with van der Waals surface area (Å²) in [5.41, 5.74) is 3.31. The molecular formula is C20H14Cl3NO3. The molecule has 0 aromatic heterocycles. The van der Waals surface area contributed by atoms with Crippen LogP contribution in [0, 0.1) is 6.92 Å². The van der Waals surface area contributed by atoms with Gasteiger partial charge < -0.3 is 4.74 Å². The zero-order valence-electron chi connectivity index (χ0n) is 14.3. The number of hydrogen-bond acceptors (Lipinski definition) is 3. The van der Waals surface area contributed by atoms with E-state index in [-0.39, 0.29) is 18.9 Å². The molecule has 0 saturated heterocycles. The van der Waals surface area contributed by atoms with Crippen LogP contribution in [0.2, 0.25) is 15.1 Å². The zero-order valence-corrected chi connectivity index (χ0v) is 16.5. The number of aryl methyl sites for hydroxylation is 1. The van der Waals surface area contributed by atoms with Crippen molar-refractivity contribution in [3.63, 3.8) is 0 Å². The van der Waals surface area contributed by atoms with Crippen LogP contribution in [0.15, 0.2) is 47.7 Å². The summed E-state index contributed by atoms with van der Waals surface area (Å²) in [5.74, 6) is -0.978. The second-order valence-electron chi connectivity index (χ2n) is 6.53. The van der Waals surface area contributed by atoms with E-state index in [1.165, 1.54) is 4.90 Å². The second kappa shape index (κ2) is 6.86. The molecule has 0 bridgehead atoms. The molecule has 0 aliphatic carbocycles. The number of carbonyl (C=O) groups excluding carboxylic acids is 2. The van der Waals surface area contributed by atoms with Crippen LogP contribution in [-0.2, 0) is 14.3 Å². The molecular weight excluding hydrogens is 409 g/mol. The van der Waals surface area contributed by atoms with Crippen LogP contribution in [0.4, 0.5) is 5.69 Å².